The molecular formula is C17H11ClF2N4O. The molecule has 126 valence electrons. The summed E-state index contributed by atoms with van der Waals surface area (Å²) in [4.78, 5) is 12.1. The molecule has 1 heterocycles. The Morgan fingerprint density at radius 3 is 2.36 bits per heavy atom. The molecule has 1 amide bonds. The Morgan fingerprint density at radius 1 is 0.960 bits per heavy atom. The second-order valence-electron chi connectivity index (χ2n) is 4.99. The first kappa shape index (κ1) is 16.8. The maximum Gasteiger partial charge on any atom is 0.258 e. The van der Waals surface area contributed by atoms with Crippen LogP contribution in [0.15, 0.2) is 54.6 Å². The van der Waals surface area contributed by atoms with Gasteiger partial charge in [0.2, 0.25) is 0 Å². The van der Waals surface area contributed by atoms with Crippen molar-refractivity contribution >= 4 is 34.8 Å². The Labute approximate surface area is 146 Å². The highest BCUT2D eigenvalue weighted by atomic mass is 35.5. The zero-order valence-electron chi connectivity index (χ0n) is 12.6. The van der Waals surface area contributed by atoms with Crippen molar-refractivity contribution in [3.63, 3.8) is 0 Å². The van der Waals surface area contributed by atoms with E-state index in [1.165, 1.54) is 18.2 Å². The van der Waals surface area contributed by atoms with Crippen molar-refractivity contribution < 1.29 is 13.6 Å². The molecule has 0 aliphatic carbocycles. The van der Waals surface area contributed by atoms with Gasteiger partial charge in [0.25, 0.3) is 5.91 Å². The van der Waals surface area contributed by atoms with Gasteiger partial charge in [-0.3, -0.25) is 4.79 Å². The molecule has 3 rings (SSSR count). The van der Waals surface area contributed by atoms with E-state index < -0.39 is 17.5 Å². The van der Waals surface area contributed by atoms with Crippen LogP contribution < -0.4 is 10.6 Å². The van der Waals surface area contributed by atoms with Gasteiger partial charge in [0.05, 0.1) is 16.3 Å². The summed E-state index contributed by atoms with van der Waals surface area (Å²) in [5, 5.41) is 13.2. The van der Waals surface area contributed by atoms with Gasteiger partial charge in [-0.1, -0.05) is 23.7 Å². The van der Waals surface area contributed by atoms with E-state index in [1.807, 2.05) is 0 Å². The lowest BCUT2D eigenvalue weighted by molar-refractivity contribution is 0.102. The third-order valence-electron chi connectivity index (χ3n) is 3.22. The van der Waals surface area contributed by atoms with Gasteiger partial charge in [-0.05, 0) is 36.4 Å². The summed E-state index contributed by atoms with van der Waals surface area (Å²) in [6.07, 6.45) is 0. The Morgan fingerprint density at radius 2 is 1.68 bits per heavy atom. The van der Waals surface area contributed by atoms with E-state index in [2.05, 4.69) is 20.8 Å². The van der Waals surface area contributed by atoms with Crippen molar-refractivity contribution in [2.24, 2.45) is 0 Å². The van der Waals surface area contributed by atoms with Crippen molar-refractivity contribution in [2.45, 2.75) is 0 Å². The summed E-state index contributed by atoms with van der Waals surface area (Å²) in [6.45, 7) is 0. The highest BCUT2D eigenvalue weighted by Crippen LogP contribution is 2.20. The number of hydrogen-bond acceptors (Lipinski definition) is 4. The van der Waals surface area contributed by atoms with Crippen LogP contribution >= 0.6 is 11.6 Å². The van der Waals surface area contributed by atoms with Gasteiger partial charge in [-0.15, -0.1) is 10.2 Å². The molecule has 8 heteroatoms. The predicted molar refractivity (Wildman–Crippen MR) is 91.1 cm³/mol. The fraction of sp³-hybridized carbons (Fsp3) is 0. The van der Waals surface area contributed by atoms with Crippen molar-refractivity contribution in [1.82, 2.24) is 10.2 Å². The molecule has 5 nitrogen and oxygen atoms in total. The Bertz CT molecular complexity index is 919. The fourth-order valence-corrected chi connectivity index (χ4v) is 2.24. The Balaban J connectivity index is 1.70. The second kappa shape index (κ2) is 7.23. The molecule has 2 N–H and O–H groups in total. The van der Waals surface area contributed by atoms with Crippen LogP contribution in [0.5, 0.6) is 0 Å². The number of carbonyl (C=O) groups is 1. The molecule has 0 unspecified atom stereocenters. The summed E-state index contributed by atoms with van der Waals surface area (Å²) >= 11 is 5.96. The van der Waals surface area contributed by atoms with Gasteiger partial charge in [-0.2, -0.15) is 0 Å². The standard InChI is InChI=1S/C17H11ClF2N4O/c18-12-4-2-1-3-11(12)17(25)22-16-8-7-15(23-24-16)21-14-6-5-10(19)9-13(14)20/h1-9H,(H,21,23)(H,22,24,25). The van der Waals surface area contributed by atoms with E-state index in [1.54, 1.807) is 24.3 Å². The largest absolute Gasteiger partial charge is 0.336 e. The Kier molecular flexibility index (Phi) is 4.85. The lowest BCUT2D eigenvalue weighted by Gasteiger charge is -2.08. The summed E-state index contributed by atoms with van der Waals surface area (Å²) in [7, 11) is 0. The normalized spacial score (nSPS) is 10.4. The molecule has 0 saturated carbocycles. The molecule has 0 aliphatic rings. The van der Waals surface area contributed by atoms with Gasteiger partial charge in [-0.25, -0.2) is 8.78 Å². The highest BCUT2D eigenvalue weighted by molar-refractivity contribution is 6.34. The van der Waals surface area contributed by atoms with Gasteiger partial charge in [0, 0.05) is 6.07 Å². The summed E-state index contributed by atoms with van der Waals surface area (Å²) < 4.78 is 26.5. The number of anilines is 3. The highest BCUT2D eigenvalue weighted by Gasteiger charge is 2.11. The van der Waals surface area contributed by atoms with Gasteiger partial charge in [0.15, 0.2) is 11.6 Å². The molecule has 3 aromatic rings. The monoisotopic (exact) mass is 360 g/mol. The molecule has 25 heavy (non-hydrogen) atoms. The average molecular weight is 361 g/mol. The van der Waals surface area contributed by atoms with Gasteiger partial charge in [0.1, 0.15) is 11.6 Å². The molecule has 0 bridgehead atoms. The van der Waals surface area contributed by atoms with Crippen LogP contribution in [0, 0.1) is 11.6 Å². The van der Waals surface area contributed by atoms with E-state index in [4.69, 9.17) is 11.6 Å². The molecular weight excluding hydrogens is 350 g/mol. The van der Waals surface area contributed by atoms with Gasteiger partial charge >= 0.3 is 0 Å². The summed E-state index contributed by atoms with van der Waals surface area (Å²) in [5.41, 5.74) is 0.366. The van der Waals surface area contributed by atoms with Crippen molar-refractivity contribution in [1.29, 1.82) is 0 Å². The number of halogens is 3. The van der Waals surface area contributed by atoms with Crippen LogP contribution in [0.25, 0.3) is 0 Å². The molecule has 0 fully saturated rings. The summed E-state index contributed by atoms with van der Waals surface area (Å²) in [6, 6.07) is 12.7. The minimum atomic E-state index is -0.752. The first-order chi connectivity index (χ1) is 12.0. The SMILES string of the molecule is O=C(Nc1ccc(Nc2ccc(F)cc2F)nn1)c1ccccc1Cl. The number of carbonyl (C=O) groups excluding carboxylic acids is 1. The number of nitrogens with one attached hydrogen (secondary N) is 2. The van der Waals surface area contributed by atoms with E-state index in [9.17, 15) is 13.6 Å². The van der Waals surface area contributed by atoms with Crippen LogP contribution in [-0.2, 0) is 0 Å². The fourth-order valence-electron chi connectivity index (χ4n) is 2.02. The number of rotatable bonds is 4. The quantitative estimate of drug-likeness (QED) is 0.723. The maximum absolute atomic E-state index is 13.6. The van der Waals surface area contributed by atoms with Crippen LogP contribution in [-0.4, -0.2) is 16.1 Å². The van der Waals surface area contributed by atoms with Crippen LogP contribution in [0.4, 0.5) is 26.1 Å². The first-order valence-electron chi connectivity index (χ1n) is 7.14. The van der Waals surface area contributed by atoms with Crippen LogP contribution in [0.1, 0.15) is 10.4 Å². The molecule has 0 spiro atoms. The minimum Gasteiger partial charge on any atom is -0.336 e. The van der Waals surface area contributed by atoms with E-state index in [0.29, 0.717) is 10.6 Å². The second-order valence-corrected chi connectivity index (χ2v) is 5.39. The number of hydrogen-bond donors (Lipinski definition) is 2. The van der Waals surface area contributed by atoms with Gasteiger partial charge < -0.3 is 10.6 Å². The first-order valence-corrected chi connectivity index (χ1v) is 7.52. The molecule has 1 aromatic heterocycles. The maximum atomic E-state index is 13.6. The van der Waals surface area contributed by atoms with E-state index in [0.717, 1.165) is 12.1 Å². The topological polar surface area (TPSA) is 66.9 Å². The molecule has 2 aromatic carbocycles. The molecule has 0 radical (unpaired) electrons. The van der Waals surface area contributed by atoms with Crippen LogP contribution in [0.3, 0.4) is 0 Å². The van der Waals surface area contributed by atoms with E-state index in [-0.39, 0.29) is 17.3 Å². The number of benzene rings is 2. The zero-order valence-corrected chi connectivity index (χ0v) is 13.4. The Hall–Kier alpha value is -3.06. The number of aromatic nitrogens is 2. The third-order valence-corrected chi connectivity index (χ3v) is 3.55. The lowest BCUT2D eigenvalue weighted by atomic mass is 10.2. The third kappa shape index (κ3) is 4.07. The summed E-state index contributed by atoms with van der Waals surface area (Å²) in [5.74, 6) is -1.41. The van der Waals surface area contributed by atoms with Crippen LogP contribution in [0.2, 0.25) is 5.02 Å². The lowest BCUT2D eigenvalue weighted by Crippen LogP contribution is -2.14. The number of nitrogens with zero attached hydrogens (tertiary/aromatic N) is 2. The molecule has 0 aliphatic heterocycles. The predicted octanol–water partition coefficient (Wildman–Crippen LogP) is 4.40. The molecule has 0 atom stereocenters. The zero-order chi connectivity index (χ0) is 17.8. The average Bonchev–Trinajstić information content (AvgIpc) is 2.59. The van der Waals surface area contributed by atoms with E-state index >= 15 is 0 Å². The number of amides is 1. The van der Waals surface area contributed by atoms with Crippen molar-refractivity contribution in [3.05, 3.63) is 76.8 Å². The van der Waals surface area contributed by atoms with Crippen molar-refractivity contribution in [2.75, 3.05) is 10.6 Å². The van der Waals surface area contributed by atoms with Crippen molar-refractivity contribution in [3.8, 4) is 0 Å². The smallest absolute Gasteiger partial charge is 0.258 e. The molecule has 0 saturated heterocycles. The minimum absolute atomic E-state index is 0.0588.